The number of methoxy groups -OCH3 is 3. The maximum absolute atomic E-state index is 12.9. The molecule has 2 rings (SSSR count). The van der Waals surface area contributed by atoms with E-state index in [1.807, 2.05) is 0 Å². The highest BCUT2D eigenvalue weighted by molar-refractivity contribution is 5.94. The fraction of sp³-hybridized carbons (Fsp3) is 0.238. The standard InChI is InChI=1S/C21H23FN2O6/c1-13(30-16-8-6-15(22)7-9-16)21(26)24-23-20(25)10-5-14-11-18(28-3)19(29-4)12-17(14)27-2/h5-13H,1-4H3,(H,23,25)(H,24,26)/b10-5+/t13-/m0/s1. The second kappa shape index (κ2) is 10.7. The number of hydrogen-bond acceptors (Lipinski definition) is 6. The van der Waals surface area contributed by atoms with Gasteiger partial charge in [0.2, 0.25) is 0 Å². The Kier molecular flexibility index (Phi) is 8.04. The zero-order chi connectivity index (χ0) is 22.1. The van der Waals surface area contributed by atoms with Gasteiger partial charge in [-0.15, -0.1) is 0 Å². The number of hydrogen-bond donors (Lipinski definition) is 2. The summed E-state index contributed by atoms with van der Waals surface area (Å²) in [6.45, 7) is 1.50. The lowest BCUT2D eigenvalue weighted by atomic mass is 10.1. The Morgan fingerprint density at radius 3 is 2.13 bits per heavy atom. The Labute approximate surface area is 173 Å². The van der Waals surface area contributed by atoms with Gasteiger partial charge >= 0.3 is 0 Å². The molecule has 0 bridgehead atoms. The molecule has 0 unspecified atom stereocenters. The van der Waals surface area contributed by atoms with Crippen LogP contribution in [0.5, 0.6) is 23.0 Å². The topological polar surface area (TPSA) is 95.1 Å². The van der Waals surface area contributed by atoms with Crippen molar-refractivity contribution in [3.05, 3.63) is 53.9 Å². The minimum absolute atomic E-state index is 0.325. The first kappa shape index (κ1) is 22.5. The van der Waals surface area contributed by atoms with Crippen LogP contribution in [-0.2, 0) is 9.59 Å². The SMILES string of the molecule is COc1cc(OC)c(OC)cc1/C=C/C(=O)NNC(=O)[C@H](C)Oc1ccc(F)cc1. The van der Waals surface area contributed by atoms with Gasteiger partial charge in [0.05, 0.1) is 21.3 Å². The van der Waals surface area contributed by atoms with Crippen LogP contribution in [0, 0.1) is 5.82 Å². The molecule has 0 saturated carbocycles. The smallest absolute Gasteiger partial charge is 0.279 e. The highest BCUT2D eigenvalue weighted by atomic mass is 19.1. The molecule has 1 atom stereocenters. The summed E-state index contributed by atoms with van der Waals surface area (Å²) < 4.78 is 34.0. The van der Waals surface area contributed by atoms with Crippen molar-refractivity contribution in [1.82, 2.24) is 10.9 Å². The maximum Gasteiger partial charge on any atom is 0.279 e. The normalized spacial score (nSPS) is 11.5. The van der Waals surface area contributed by atoms with E-state index < -0.39 is 23.7 Å². The molecule has 2 amide bonds. The van der Waals surface area contributed by atoms with Crippen LogP contribution in [0.3, 0.4) is 0 Å². The number of ether oxygens (including phenoxy) is 4. The largest absolute Gasteiger partial charge is 0.496 e. The molecule has 0 fully saturated rings. The third-order valence-corrected chi connectivity index (χ3v) is 3.95. The van der Waals surface area contributed by atoms with Crippen LogP contribution in [-0.4, -0.2) is 39.2 Å². The van der Waals surface area contributed by atoms with E-state index in [2.05, 4.69) is 10.9 Å². The van der Waals surface area contributed by atoms with E-state index >= 15 is 0 Å². The molecule has 30 heavy (non-hydrogen) atoms. The van der Waals surface area contributed by atoms with Crippen LogP contribution in [0.2, 0.25) is 0 Å². The third kappa shape index (κ3) is 6.13. The summed E-state index contributed by atoms with van der Waals surface area (Å²) in [6, 6.07) is 8.52. The average Bonchev–Trinajstić information content (AvgIpc) is 2.76. The van der Waals surface area contributed by atoms with Crippen LogP contribution < -0.4 is 29.8 Å². The number of carbonyl (C=O) groups is 2. The molecular formula is C21H23FN2O6. The van der Waals surface area contributed by atoms with Crippen molar-refractivity contribution in [1.29, 1.82) is 0 Å². The lowest BCUT2D eigenvalue weighted by molar-refractivity contribution is -0.131. The molecule has 0 aliphatic carbocycles. The Morgan fingerprint density at radius 1 is 0.933 bits per heavy atom. The molecule has 0 radical (unpaired) electrons. The van der Waals surface area contributed by atoms with Crippen molar-refractivity contribution in [2.75, 3.05) is 21.3 Å². The minimum atomic E-state index is -0.911. The van der Waals surface area contributed by atoms with Gasteiger partial charge in [0, 0.05) is 17.7 Å². The van der Waals surface area contributed by atoms with Gasteiger partial charge in [-0.2, -0.15) is 0 Å². The number of amides is 2. The predicted octanol–water partition coefficient (Wildman–Crippen LogP) is 2.48. The van der Waals surface area contributed by atoms with E-state index in [9.17, 15) is 14.0 Å². The predicted molar refractivity (Wildman–Crippen MR) is 108 cm³/mol. The third-order valence-electron chi connectivity index (χ3n) is 3.95. The molecule has 160 valence electrons. The monoisotopic (exact) mass is 418 g/mol. The molecule has 9 heteroatoms. The van der Waals surface area contributed by atoms with Gasteiger partial charge in [0.15, 0.2) is 17.6 Å². The summed E-state index contributed by atoms with van der Waals surface area (Å²) in [6.07, 6.45) is 1.81. The lowest BCUT2D eigenvalue weighted by Crippen LogP contribution is -2.46. The Bertz CT molecular complexity index is 914. The number of nitrogens with one attached hydrogen (secondary N) is 2. The van der Waals surface area contributed by atoms with Crippen molar-refractivity contribution in [2.45, 2.75) is 13.0 Å². The van der Waals surface area contributed by atoms with Crippen LogP contribution in [0.25, 0.3) is 6.08 Å². The minimum Gasteiger partial charge on any atom is -0.496 e. The number of carbonyl (C=O) groups excluding carboxylic acids is 2. The maximum atomic E-state index is 12.9. The second-order valence-electron chi connectivity index (χ2n) is 5.97. The second-order valence-corrected chi connectivity index (χ2v) is 5.97. The van der Waals surface area contributed by atoms with Crippen LogP contribution in [0.4, 0.5) is 4.39 Å². The van der Waals surface area contributed by atoms with Crippen molar-refractivity contribution in [3.63, 3.8) is 0 Å². The van der Waals surface area contributed by atoms with Gasteiger partial charge in [-0.1, -0.05) is 0 Å². The highest BCUT2D eigenvalue weighted by Gasteiger charge is 2.15. The first-order valence-electron chi connectivity index (χ1n) is 8.88. The number of benzene rings is 2. The molecule has 2 aromatic rings. The fourth-order valence-corrected chi connectivity index (χ4v) is 2.39. The van der Waals surface area contributed by atoms with Crippen LogP contribution in [0.1, 0.15) is 12.5 Å². The van der Waals surface area contributed by atoms with Gasteiger partial charge < -0.3 is 18.9 Å². The summed E-state index contributed by atoms with van der Waals surface area (Å²) in [4.78, 5) is 24.1. The zero-order valence-corrected chi connectivity index (χ0v) is 17.0. The summed E-state index contributed by atoms with van der Waals surface area (Å²) >= 11 is 0. The Balaban J connectivity index is 1.94. The molecule has 0 aromatic heterocycles. The van der Waals surface area contributed by atoms with Crippen LogP contribution >= 0.6 is 0 Å². The Morgan fingerprint density at radius 2 is 1.53 bits per heavy atom. The molecule has 2 N–H and O–H groups in total. The van der Waals surface area contributed by atoms with Crippen molar-refractivity contribution >= 4 is 17.9 Å². The zero-order valence-electron chi connectivity index (χ0n) is 17.0. The van der Waals surface area contributed by atoms with Gasteiger partial charge in [-0.25, -0.2) is 4.39 Å². The van der Waals surface area contributed by atoms with E-state index in [1.165, 1.54) is 64.7 Å². The molecule has 0 spiro atoms. The van der Waals surface area contributed by atoms with Crippen LogP contribution in [0.15, 0.2) is 42.5 Å². The summed E-state index contributed by atoms with van der Waals surface area (Å²) in [7, 11) is 4.49. The average molecular weight is 418 g/mol. The fourth-order valence-electron chi connectivity index (χ4n) is 2.39. The van der Waals surface area contributed by atoms with E-state index in [1.54, 1.807) is 12.1 Å². The molecule has 0 aliphatic heterocycles. The van der Waals surface area contributed by atoms with Crippen molar-refractivity contribution < 1.29 is 32.9 Å². The molecule has 0 saturated heterocycles. The molecule has 0 aliphatic rings. The van der Waals surface area contributed by atoms with Gasteiger partial charge in [-0.3, -0.25) is 20.4 Å². The number of halogens is 1. The quantitative estimate of drug-likeness (QED) is 0.505. The highest BCUT2D eigenvalue weighted by Crippen LogP contribution is 2.35. The van der Waals surface area contributed by atoms with Gasteiger partial charge in [0.1, 0.15) is 17.3 Å². The lowest BCUT2D eigenvalue weighted by Gasteiger charge is -2.14. The Hall–Kier alpha value is -3.75. The van der Waals surface area contributed by atoms with E-state index in [-0.39, 0.29) is 0 Å². The van der Waals surface area contributed by atoms with Crippen molar-refractivity contribution in [3.8, 4) is 23.0 Å². The van der Waals surface area contributed by atoms with E-state index in [0.29, 0.717) is 28.6 Å². The molecular weight excluding hydrogens is 395 g/mol. The number of hydrazine groups is 1. The van der Waals surface area contributed by atoms with Gasteiger partial charge in [-0.05, 0) is 43.3 Å². The summed E-state index contributed by atoms with van der Waals surface area (Å²) in [5.74, 6) is 0.188. The number of rotatable bonds is 8. The molecule has 2 aromatic carbocycles. The van der Waals surface area contributed by atoms with Crippen molar-refractivity contribution in [2.24, 2.45) is 0 Å². The molecule has 0 heterocycles. The molecule has 8 nitrogen and oxygen atoms in total. The first-order chi connectivity index (χ1) is 14.4. The van der Waals surface area contributed by atoms with E-state index in [0.717, 1.165) is 0 Å². The van der Waals surface area contributed by atoms with E-state index in [4.69, 9.17) is 18.9 Å². The van der Waals surface area contributed by atoms with Gasteiger partial charge in [0.25, 0.3) is 11.8 Å². The summed E-state index contributed by atoms with van der Waals surface area (Å²) in [5.41, 5.74) is 5.08. The first-order valence-corrected chi connectivity index (χ1v) is 8.88. The summed E-state index contributed by atoms with van der Waals surface area (Å²) in [5, 5.41) is 0.